The number of methoxy groups -OCH3 is 1. The number of nitrogens with one attached hydrogen (secondary N) is 1. The van der Waals surface area contributed by atoms with Crippen LogP contribution in [0.3, 0.4) is 0 Å². The average molecular weight is 419 g/mol. The Labute approximate surface area is 149 Å². The number of rotatable bonds is 8. The molecular formula is C16H26IN3O2. The first-order chi connectivity index (χ1) is 10.3. The van der Waals surface area contributed by atoms with Gasteiger partial charge in [0.05, 0.1) is 20.3 Å². The number of benzene rings is 1. The number of nitrogens with zero attached hydrogens (tertiary/aromatic N) is 1. The highest BCUT2D eigenvalue weighted by atomic mass is 127. The molecule has 0 bridgehead atoms. The molecule has 0 heterocycles. The lowest BCUT2D eigenvalue weighted by Gasteiger charge is -2.23. The van der Waals surface area contributed by atoms with Crippen LogP contribution in [0.15, 0.2) is 29.3 Å². The third kappa shape index (κ3) is 6.83. The largest absolute Gasteiger partial charge is 0.497 e. The standard InChI is InChI=1S/C16H25N3O2.HI/c1-20-15-7-5-14(6-8-15)12-21-10-9-18-16(17)19-11-13-3-2-4-13;/h5-8,13H,2-4,9-12H2,1H3,(H3,17,18,19);1H. The molecule has 22 heavy (non-hydrogen) atoms. The molecule has 6 heteroatoms. The van der Waals surface area contributed by atoms with Crippen molar-refractivity contribution in [2.75, 3.05) is 26.8 Å². The molecule has 1 aliphatic carbocycles. The molecule has 1 aliphatic rings. The van der Waals surface area contributed by atoms with E-state index in [1.807, 2.05) is 24.3 Å². The Hall–Kier alpha value is -1.02. The molecule has 124 valence electrons. The maximum Gasteiger partial charge on any atom is 0.188 e. The summed E-state index contributed by atoms with van der Waals surface area (Å²) in [5, 5.41) is 3.07. The quantitative estimate of drug-likeness (QED) is 0.294. The first kappa shape index (κ1) is 19.0. The van der Waals surface area contributed by atoms with E-state index in [9.17, 15) is 0 Å². The third-order valence-corrected chi connectivity index (χ3v) is 3.72. The summed E-state index contributed by atoms with van der Waals surface area (Å²) in [5.74, 6) is 2.13. The molecule has 0 atom stereocenters. The van der Waals surface area contributed by atoms with Gasteiger partial charge in [-0.1, -0.05) is 18.6 Å². The molecule has 1 fully saturated rings. The summed E-state index contributed by atoms with van der Waals surface area (Å²) in [5.41, 5.74) is 6.92. The minimum absolute atomic E-state index is 0. The monoisotopic (exact) mass is 419 g/mol. The second-order valence-electron chi connectivity index (χ2n) is 5.35. The maximum atomic E-state index is 5.80. The lowest BCUT2D eigenvalue weighted by Crippen LogP contribution is -2.35. The Kier molecular flexibility index (Phi) is 9.22. The lowest BCUT2D eigenvalue weighted by atomic mass is 9.86. The molecule has 0 unspecified atom stereocenters. The van der Waals surface area contributed by atoms with Crippen LogP contribution in [0.25, 0.3) is 0 Å². The zero-order valence-corrected chi connectivity index (χ0v) is 15.4. The van der Waals surface area contributed by atoms with Crippen LogP contribution in [0.5, 0.6) is 5.75 Å². The number of guanidine groups is 1. The zero-order valence-electron chi connectivity index (χ0n) is 13.1. The van der Waals surface area contributed by atoms with E-state index >= 15 is 0 Å². The van der Waals surface area contributed by atoms with Crippen LogP contribution in [0, 0.1) is 5.92 Å². The van der Waals surface area contributed by atoms with E-state index in [1.165, 1.54) is 19.3 Å². The number of halogens is 1. The Balaban J connectivity index is 0.00000242. The van der Waals surface area contributed by atoms with E-state index < -0.39 is 0 Å². The van der Waals surface area contributed by atoms with Gasteiger partial charge in [0.2, 0.25) is 0 Å². The van der Waals surface area contributed by atoms with Crippen molar-refractivity contribution < 1.29 is 9.47 Å². The van der Waals surface area contributed by atoms with E-state index in [0.717, 1.165) is 23.8 Å². The van der Waals surface area contributed by atoms with E-state index in [-0.39, 0.29) is 24.0 Å². The van der Waals surface area contributed by atoms with Crippen molar-refractivity contribution in [2.45, 2.75) is 25.9 Å². The minimum atomic E-state index is 0. The number of hydrogen-bond donors (Lipinski definition) is 2. The molecule has 0 aliphatic heterocycles. The molecular weight excluding hydrogens is 393 g/mol. The predicted octanol–water partition coefficient (Wildman–Crippen LogP) is 2.53. The molecule has 0 amide bonds. The first-order valence-corrected chi connectivity index (χ1v) is 7.52. The summed E-state index contributed by atoms with van der Waals surface area (Å²) in [6.07, 6.45) is 3.93. The second-order valence-corrected chi connectivity index (χ2v) is 5.35. The van der Waals surface area contributed by atoms with Crippen LogP contribution < -0.4 is 15.8 Å². The summed E-state index contributed by atoms with van der Waals surface area (Å²) >= 11 is 0. The summed E-state index contributed by atoms with van der Waals surface area (Å²) in [6.45, 7) is 2.72. The normalized spacial score (nSPS) is 14.9. The smallest absolute Gasteiger partial charge is 0.188 e. The van der Waals surface area contributed by atoms with Gasteiger partial charge < -0.3 is 20.5 Å². The minimum Gasteiger partial charge on any atom is -0.497 e. The summed E-state index contributed by atoms with van der Waals surface area (Å²) in [7, 11) is 1.66. The van der Waals surface area contributed by atoms with Gasteiger partial charge >= 0.3 is 0 Å². The molecule has 1 aromatic rings. The molecule has 0 spiro atoms. The van der Waals surface area contributed by atoms with Crippen LogP contribution in [0.1, 0.15) is 24.8 Å². The molecule has 1 saturated carbocycles. The van der Waals surface area contributed by atoms with E-state index in [4.69, 9.17) is 15.2 Å². The SMILES string of the molecule is COc1ccc(COCCNC(N)=NCC2CCC2)cc1.I. The first-order valence-electron chi connectivity index (χ1n) is 7.52. The van der Waals surface area contributed by atoms with Gasteiger partial charge in [0.15, 0.2) is 5.96 Å². The van der Waals surface area contributed by atoms with Crippen LogP contribution in [0.4, 0.5) is 0 Å². The maximum absolute atomic E-state index is 5.80. The van der Waals surface area contributed by atoms with Gasteiger partial charge in [0, 0.05) is 13.1 Å². The molecule has 2 rings (SSSR count). The predicted molar refractivity (Wildman–Crippen MR) is 99.9 cm³/mol. The van der Waals surface area contributed by atoms with Gasteiger partial charge in [-0.2, -0.15) is 0 Å². The topological polar surface area (TPSA) is 68.9 Å². The molecule has 1 aromatic carbocycles. The molecule has 3 N–H and O–H groups in total. The number of aliphatic imine (C=N–C) groups is 1. The summed E-state index contributed by atoms with van der Waals surface area (Å²) in [4.78, 5) is 4.33. The Morgan fingerprint density at radius 3 is 2.64 bits per heavy atom. The fraction of sp³-hybridized carbons (Fsp3) is 0.562. The highest BCUT2D eigenvalue weighted by Crippen LogP contribution is 2.26. The van der Waals surface area contributed by atoms with Gasteiger partial charge in [0.1, 0.15) is 5.75 Å². The van der Waals surface area contributed by atoms with Crippen LogP contribution in [-0.2, 0) is 11.3 Å². The number of hydrogen-bond acceptors (Lipinski definition) is 3. The average Bonchev–Trinajstić information content (AvgIpc) is 2.46. The highest BCUT2D eigenvalue weighted by molar-refractivity contribution is 14.0. The third-order valence-electron chi connectivity index (χ3n) is 3.72. The van der Waals surface area contributed by atoms with E-state index in [0.29, 0.717) is 25.7 Å². The van der Waals surface area contributed by atoms with Gasteiger partial charge in [-0.25, -0.2) is 0 Å². The second kappa shape index (κ2) is 10.7. The molecule has 5 nitrogen and oxygen atoms in total. The van der Waals surface area contributed by atoms with Crippen molar-refractivity contribution in [1.82, 2.24) is 5.32 Å². The van der Waals surface area contributed by atoms with Crippen molar-refractivity contribution in [3.05, 3.63) is 29.8 Å². The van der Waals surface area contributed by atoms with Gasteiger partial charge in [-0.15, -0.1) is 24.0 Å². The van der Waals surface area contributed by atoms with E-state index in [1.54, 1.807) is 7.11 Å². The van der Waals surface area contributed by atoms with Crippen LogP contribution in [-0.4, -0.2) is 32.8 Å². The van der Waals surface area contributed by atoms with Gasteiger partial charge in [-0.05, 0) is 36.5 Å². The Morgan fingerprint density at radius 2 is 2.05 bits per heavy atom. The zero-order chi connectivity index (χ0) is 14.9. The van der Waals surface area contributed by atoms with Gasteiger partial charge in [0.25, 0.3) is 0 Å². The fourth-order valence-corrected chi connectivity index (χ4v) is 2.12. The Bertz CT molecular complexity index is 447. The molecule has 0 radical (unpaired) electrons. The molecule has 0 aromatic heterocycles. The number of ether oxygens (including phenoxy) is 2. The van der Waals surface area contributed by atoms with Crippen molar-refractivity contribution in [2.24, 2.45) is 16.6 Å². The van der Waals surface area contributed by atoms with Crippen molar-refractivity contribution in [3.8, 4) is 5.75 Å². The molecule has 0 saturated heterocycles. The van der Waals surface area contributed by atoms with Crippen LogP contribution in [0.2, 0.25) is 0 Å². The van der Waals surface area contributed by atoms with E-state index in [2.05, 4.69) is 10.3 Å². The van der Waals surface area contributed by atoms with Crippen molar-refractivity contribution in [3.63, 3.8) is 0 Å². The Morgan fingerprint density at radius 1 is 1.32 bits per heavy atom. The highest BCUT2D eigenvalue weighted by Gasteiger charge is 2.16. The van der Waals surface area contributed by atoms with Crippen molar-refractivity contribution >= 4 is 29.9 Å². The fourth-order valence-electron chi connectivity index (χ4n) is 2.12. The lowest BCUT2D eigenvalue weighted by molar-refractivity contribution is 0.125. The number of nitrogens with two attached hydrogens (primary N) is 1. The van der Waals surface area contributed by atoms with Gasteiger partial charge in [-0.3, -0.25) is 4.99 Å². The summed E-state index contributed by atoms with van der Waals surface area (Å²) < 4.78 is 10.7. The van der Waals surface area contributed by atoms with Crippen LogP contribution >= 0.6 is 24.0 Å². The summed E-state index contributed by atoms with van der Waals surface area (Å²) in [6, 6.07) is 7.87. The van der Waals surface area contributed by atoms with Crippen molar-refractivity contribution in [1.29, 1.82) is 0 Å².